The molecule has 1 rings (SSSR count). The second-order valence-electron chi connectivity index (χ2n) is 3.54. The molecule has 88 valence electrons. The van der Waals surface area contributed by atoms with Crippen molar-refractivity contribution in [3.63, 3.8) is 0 Å². The lowest BCUT2D eigenvalue weighted by Gasteiger charge is -2.28. The Morgan fingerprint density at radius 3 is 2.56 bits per heavy atom. The number of anilines is 1. The van der Waals surface area contributed by atoms with E-state index in [1.165, 1.54) is 0 Å². The normalized spacial score (nSPS) is 12.2. The summed E-state index contributed by atoms with van der Waals surface area (Å²) in [6.07, 6.45) is 0. The Balaban J connectivity index is 2.92. The molecule has 0 bridgehead atoms. The third kappa shape index (κ3) is 3.22. The zero-order chi connectivity index (χ0) is 12.0. The van der Waals surface area contributed by atoms with E-state index >= 15 is 0 Å². The monoisotopic (exact) mass is 241 g/mol. The van der Waals surface area contributed by atoms with Gasteiger partial charge >= 0.3 is 0 Å². The fourth-order valence-corrected chi connectivity index (χ4v) is 1.74. The topological polar surface area (TPSA) is 29.5 Å². The van der Waals surface area contributed by atoms with Crippen molar-refractivity contribution in [3.8, 4) is 0 Å². The van der Waals surface area contributed by atoms with Gasteiger partial charge in [-0.15, -0.1) is 11.6 Å². The fourth-order valence-electron chi connectivity index (χ4n) is 1.61. The third-order valence-corrected chi connectivity index (χ3v) is 2.49. The van der Waals surface area contributed by atoms with Crippen molar-refractivity contribution >= 4 is 23.2 Å². The maximum absolute atomic E-state index is 11.8. The van der Waals surface area contributed by atoms with Crippen LogP contribution in [0.2, 0.25) is 0 Å². The van der Waals surface area contributed by atoms with E-state index in [2.05, 4.69) is 0 Å². The summed E-state index contributed by atoms with van der Waals surface area (Å²) in [4.78, 5) is 13.4. The molecule has 0 aliphatic rings. The van der Waals surface area contributed by atoms with Crippen molar-refractivity contribution in [2.45, 2.75) is 13.0 Å². The zero-order valence-corrected chi connectivity index (χ0v) is 10.3. The van der Waals surface area contributed by atoms with Crippen LogP contribution >= 0.6 is 11.6 Å². The van der Waals surface area contributed by atoms with Crippen LogP contribution in [0.4, 0.5) is 5.69 Å². The van der Waals surface area contributed by atoms with E-state index in [1.54, 1.807) is 12.0 Å². The first-order valence-electron chi connectivity index (χ1n) is 5.12. The maximum atomic E-state index is 11.8. The first-order chi connectivity index (χ1) is 7.70. The van der Waals surface area contributed by atoms with Crippen LogP contribution in [0.5, 0.6) is 0 Å². The van der Waals surface area contributed by atoms with Gasteiger partial charge in [0, 0.05) is 12.8 Å². The standard InChI is InChI=1S/C12H16ClNO2/c1-10(9-16-2)14(12(15)8-13)11-6-4-3-5-7-11/h3-7,10H,8-9H2,1-2H3. The Morgan fingerprint density at radius 2 is 2.06 bits per heavy atom. The van der Waals surface area contributed by atoms with E-state index in [4.69, 9.17) is 16.3 Å². The summed E-state index contributed by atoms with van der Waals surface area (Å²) in [6.45, 7) is 2.42. The quantitative estimate of drug-likeness (QED) is 0.741. The van der Waals surface area contributed by atoms with Gasteiger partial charge in [-0.3, -0.25) is 4.79 Å². The largest absolute Gasteiger partial charge is 0.383 e. The molecule has 0 fully saturated rings. The summed E-state index contributed by atoms with van der Waals surface area (Å²) in [7, 11) is 1.62. The molecule has 0 heterocycles. The Kier molecular flexibility index (Phi) is 5.29. The van der Waals surface area contributed by atoms with Crippen LogP contribution in [0.1, 0.15) is 6.92 Å². The summed E-state index contributed by atoms with van der Waals surface area (Å²) in [5.74, 6) is -0.138. The lowest BCUT2D eigenvalue weighted by molar-refractivity contribution is -0.116. The second kappa shape index (κ2) is 6.51. The molecule has 4 heteroatoms. The number of hydrogen-bond donors (Lipinski definition) is 0. The number of ether oxygens (including phenoxy) is 1. The minimum atomic E-state index is -0.114. The highest BCUT2D eigenvalue weighted by atomic mass is 35.5. The molecule has 0 N–H and O–H groups in total. The molecule has 1 atom stereocenters. The van der Waals surface area contributed by atoms with E-state index in [9.17, 15) is 4.79 Å². The third-order valence-electron chi connectivity index (χ3n) is 2.27. The van der Waals surface area contributed by atoms with Gasteiger partial charge in [0.25, 0.3) is 0 Å². The van der Waals surface area contributed by atoms with Gasteiger partial charge in [0.05, 0.1) is 12.6 Å². The number of para-hydroxylation sites is 1. The van der Waals surface area contributed by atoms with Crippen LogP contribution in [0.25, 0.3) is 0 Å². The average Bonchev–Trinajstić information content (AvgIpc) is 2.31. The van der Waals surface area contributed by atoms with Gasteiger partial charge in [-0.1, -0.05) is 18.2 Å². The lowest BCUT2D eigenvalue weighted by Crippen LogP contribution is -2.42. The van der Waals surface area contributed by atoms with Crippen LogP contribution in [0, 0.1) is 0 Å². The molecular weight excluding hydrogens is 226 g/mol. The van der Waals surface area contributed by atoms with Crippen molar-refractivity contribution in [2.24, 2.45) is 0 Å². The summed E-state index contributed by atoms with van der Waals surface area (Å²) < 4.78 is 5.06. The minimum absolute atomic E-state index is 0.0249. The molecule has 3 nitrogen and oxygen atoms in total. The fraction of sp³-hybridized carbons (Fsp3) is 0.417. The van der Waals surface area contributed by atoms with Crippen LogP contribution < -0.4 is 4.90 Å². The van der Waals surface area contributed by atoms with Gasteiger partial charge in [0.1, 0.15) is 5.88 Å². The smallest absolute Gasteiger partial charge is 0.242 e. The Labute approximate surface area is 101 Å². The van der Waals surface area contributed by atoms with E-state index in [-0.39, 0.29) is 17.8 Å². The molecule has 16 heavy (non-hydrogen) atoms. The first-order valence-corrected chi connectivity index (χ1v) is 5.66. The molecule has 0 aromatic heterocycles. The number of carbonyl (C=O) groups excluding carboxylic acids is 1. The van der Waals surface area contributed by atoms with Crippen molar-refractivity contribution in [1.82, 2.24) is 0 Å². The molecule has 0 saturated carbocycles. The van der Waals surface area contributed by atoms with E-state index in [0.717, 1.165) is 5.69 Å². The van der Waals surface area contributed by atoms with Gasteiger partial charge in [-0.05, 0) is 19.1 Å². The number of halogens is 1. The summed E-state index contributed by atoms with van der Waals surface area (Å²) >= 11 is 5.61. The Bertz CT molecular complexity index is 329. The molecule has 1 aromatic rings. The van der Waals surface area contributed by atoms with Crippen molar-refractivity contribution in [2.75, 3.05) is 24.5 Å². The van der Waals surface area contributed by atoms with Crippen LogP contribution in [-0.2, 0) is 9.53 Å². The van der Waals surface area contributed by atoms with Crippen LogP contribution in [-0.4, -0.2) is 31.5 Å². The van der Waals surface area contributed by atoms with Gasteiger partial charge in [-0.2, -0.15) is 0 Å². The number of carbonyl (C=O) groups is 1. The van der Waals surface area contributed by atoms with E-state index in [0.29, 0.717) is 6.61 Å². The molecule has 0 aliphatic heterocycles. The molecular formula is C12H16ClNO2. The number of hydrogen-bond acceptors (Lipinski definition) is 2. The summed E-state index contributed by atoms with van der Waals surface area (Å²) in [6, 6.07) is 9.44. The van der Waals surface area contributed by atoms with E-state index < -0.39 is 0 Å². The highest BCUT2D eigenvalue weighted by Crippen LogP contribution is 2.17. The first kappa shape index (κ1) is 13.0. The summed E-state index contributed by atoms with van der Waals surface area (Å²) in [5, 5.41) is 0. The van der Waals surface area contributed by atoms with Crippen LogP contribution in [0.3, 0.4) is 0 Å². The highest BCUT2D eigenvalue weighted by Gasteiger charge is 2.20. The van der Waals surface area contributed by atoms with Crippen LogP contribution in [0.15, 0.2) is 30.3 Å². The molecule has 0 radical (unpaired) electrons. The minimum Gasteiger partial charge on any atom is -0.383 e. The van der Waals surface area contributed by atoms with Gasteiger partial charge < -0.3 is 9.64 Å². The molecule has 0 aliphatic carbocycles. The predicted molar refractivity (Wildman–Crippen MR) is 66.0 cm³/mol. The molecule has 0 spiro atoms. The number of rotatable bonds is 5. The van der Waals surface area contributed by atoms with Crippen molar-refractivity contribution in [3.05, 3.63) is 30.3 Å². The number of amides is 1. The lowest BCUT2D eigenvalue weighted by atomic mass is 10.2. The number of methoxy groups -OCH3 is 1. The molecule has 0 saturated heterocycles. The van der Waals surface area contributed by atoms with Gasteiger partial charge in [0.2, 0.25) is 5.91 Å². The van der Waals surface area contributed by atoms with Crippen molar-refractivity contribution < 1.29 is 9.53 Å². The molecule has 1 aromatic carbocycles. The maximum Gasteiger partial charge on any atom is 0.242 e. The number of benzene rings is 1. The number of alkyl halides is 1. The summed E-state index contributed by atoms with van der Waals surface area (Å²) in [5.41, 5.74) is 0.845. The van der Waals surface area contributed by atoms with Gasteiger partial charge in [-0.25, -0.2) is 0 Å². The predicted octanol–water partition coefficient (Wildman–Crippen LogP) is 2.29. The molecule has 1 unspecified atom stereocenters. The Morgan fingerprint density at radius 1 is 1.44 bits per heavy atom. The highest BCUT2D eigenvalue weighted by molar-refractivity contribution is 6.29. The average molecular weight is 242 g/mol. The number of nitrogens with zero attached hydrogens (tertiary/aromatic N) is 1. The SMILES string of the molecule is COCC(C)N(C(=O)CCl)c1ccccc1. The zero-order valence-electron chi connectivity index (χ0n) is 9.52. The molecule has 1 amide bonds. The van der Waals surface area contributed by atoms with E-state index in [1.807, 2.05) is 37.3 Å². The Hall–Kier alpha value is -1.06. The second-order valence-corrected chi connectivity index (χ2v) is 3.80. The van der Waals surface area contributed by atoms with Gasteiger partial charge in [0.15, 0.2) is 0 Å². The van der Waals surface area contributed by atoms with Crippen molar-refractivity contribution in [1.29, 1.82) is 0 Å².